The average molecular weight is 371 g/mol. The van der Waals surface area contributed by atoms with Gasteiger partial charge in [-0.05, 0) is 36.2 Å². The third-order valence-electron chi connectivity index (χ3n) is 4.33. The predicted octanol–water partition coefficient (Wildman–Crippen LogP) is 5.63. The molecule has 2 aromatic carbocycles. The van der Waals surface area contributed by atoms with Crippen LogP contribution < -0.4 is 0 Å². The summed E-state index contributed by atoms with van der Waals surface area (Å²) in [6, 6.07) is 22.5. The number of thiophene rings is 1. The Bertz CT molecular complexity index is 821. The highest BCUT2D eigenvalue weighted by Gasteiger charge is 2.40. The predicted molar refractivity (Wildman–Crippen MR) is 102 cm³/mol. The van der Waals surface area contributed by atoms with Gasteiger partial charge in [0.15, 0.2) is 0 Å². The Morgan fingerprint density at radius 2 is 1.60 bits per heavy atom. The Kier molecular flexibility index (Phi) is 4.91. The summed E-state index contributed by atoms with van der Waals surface area (Å²) >= 11 is 7.73. The molecule has 0 amide bonds. The van der Waals surface area contributed by atoms with Crippen molar-refractivity contribution in [2.45, 2.75) is 18.6 Å². The Morgan fingerprint density at radius 1 is 0.880 bits per heavy atom. The molecular weight excluding hydrogens is 352 g/mol. The molecule has 0 radical (unpaired) electrons. The second-order valence-electron chi connectivity index (χ2n) is 6.10. The lowest BCUT2D eigenvalue weighted by atomic mass is 10.0. The molecule has 1 saturated heterocycles. The minimum absolute atomic E-state index is 0.708. The molecule has 0 N–H and O–H groups in total. The molecule has 25 heavy (non-hydrogen) atoms. The maximum atomic E-state index is 6.19. The topological polar surface area (TPSA) is 18.5 Å². The van der Waals surface area contributed by atoms with E-state index in [2.05, 4.69) is 36.4 Å². The third-order valence-corrected chi connectivity index (χ3v) is 5.75. The van der Waals surface area contributed by atoms with Gasteiger partial charge in [-0.2, -0.15) is 0 Å². The van der Waals surface area contributed by atoms with Gasteiger partial charge in [-0.3, -0.25) is 0 Å². The van der Waals surface area contributed by atoms with E-state index in [1.54, 1.807) is 11.3 Å². The van der Waals surface area contributed by atoms with E-state index >= 15 is 0 Å². The van der Waals surface area contributed by atoms with Crippen molar-refractivity contribution in [3.8, 4) is 0 Å². The van der Waals surface area contributed by atoms with Gasteiger partial charge < -0.3 is 9.47 Å². The van der Waals surface area contributed by atoms with Gasteiger partial charge in [0.25, 0.3) is 0 Å². The van der Waals surface area contributed by atoms with Gasteiger partial charge >= 0.3 is 0 Å². The molecular formula is C21H19ClO2S. The van der Waals surface area contributed by atoms with Crippen LogP contribution >= 0.6 is 22.9 Å². The maximum absolute atomic E-state index is 6.19. The van der Waals surface area contributed by atoms with Gasteiger partial charge in [-0.15, -0.1) is 11.3 Å². The number of halogens is 1. The summed E-state index contributed by atoms with van der Waals surface area (Å²) in [5, 5.41) is 0.766. The first-order valence-corrected chi connectivity index (χ1v) is 9.63. The van der Waals surface area contributed by atoms with E-state index in [1.165, 1.54) is 10.4 Å². The molecule has 1 aromatic heterocycles. The fraction of sp³-hybridized carbons (Fsp3) is 0.238. The first-order chi connectivity index (χ1) is 12.3. The van der Waals surface area contributed by atoms with E-state index in [0.29, 0.717) is 13.2 Å². The number of rotatable bonds is 4. The van der Waals surface area contributed by atoms with E-state index in [1.807, 2.05) is 30.3 Å². The van der Waals surface area contributed by atoms with Gasteiger partial charge in [0.05, 0.1) is 18.1 Å². The van der Waals surface area contributed by atoms with Crippen molar-refractivity contribution in [3.05, 3.63) is 92.6 Å². The lowest BCUT2D eigenvalue weighted by molar-refractivity contribution is -0.247. The largest absolute Gasteiger partial charge is 0.341 e. The smallest absolute Gasteiger partial charge is 0.231 e. The number of benzene rings is 2. The van der Waals surface area contributed by atoms with Crippen LogP contribution in [0.4, 0.5) is 0 Å². The summed E-state index contributed by atoms with van der Waals surface area (Å²) in [7, 11) is 0. The van der Waals surface area contributed by atoms with Crippen LogP contribution in [0.15, 0.2) is 66.7 Å². The van der Waals surface area contributed by atoms with E-state index in [0.717, 1.165) is 28.3 Å². The van der Waals surface area contributed by atoms with Gasteiger partial charge in [-0.25, -0.2) is 0 Å². The van der Waals surface area contributed by atoms with Crippen molar-refractivity contribution in [3.63, 3.8) is 0 Å². The molecule has 1 aliphatic rings. The summed E-state index contributed by atoms with van der Waals surface area (Å²) in [6.45, 7) is 1.42. The van der Waals surface area contributed by atoms with Crippen molar-refractivity contribution >= 4 is 22.9 Å². The summed E-state index contributed by atoms with van der Waals surface area (Å²) in [5.41, 5.74) is 2.30. The van der Waals surface area contributed by atoms with Crippen molar-refractivity contribution in [2.24, 2.45) is 0 Å². The molecule has 2 heterocycles. The fourth-order valence-electron chi connectivity index (χ4n) is 3.09. The lowest BCUT2D eigenvalue weighted by Gasteiger charge is -2.36. The summed E-state index contributed by atoms with van der Waals surface area (Å²) < 4.78 is 12.4. The Morgan fingerprint density at radius 3 is 2.32 bits per heavy atom. The van der Waals surface area contributed by atoms with Crippen LogP contribution in [-0.2, 0) is 21.7 Å². The number of hydrogen-bond donors (Lipinski definition) is 0. The highest BCUT2D eigenvalue weighted by atomic mass is 35.5. The zero-order valence-electron chi connectivity index (χ0n) is 13.8. The summed E-state index contributed by atoms with van der Waals surface area (Å²) in [5.74, 6) is -0.775. The van der Waals surface area contributed by atoms with E-state index in [4.69, 9.17) is 21.1 Å². The number of ether oxygens (including phenoxy) is 2. The standard InChI is InChI=1S/C21H19ClO2S/c22-18-9-7-16(8-10-18)15-19-11-12-20(25-19)21(23-13-4-14-24-21)17-5-2-1-3-6-17/h1-3,5-12H,4,13-15H2. The summed E-state index contributed by atoms with van der Waals surface area (Å²) in [6.07, 6.45) is 1.81. The van der Waals surface area contributed by atoms with E-state index in [-0.39, 0.29) is 0 Å². The van der Waals surface area contributed by atoms with Crippen LogP contribution in [0, 0.1) is 0 Å². The van der Waals surface area contributed by atoms with Gasteiger partial charge in [0.1, 0.15) is 0 Å². The zero-order chi connectivity index (χ0) is 17.1. The Balaban J connectivity index is 1.65. The zero-order valence-corrected chi connectivity index (χ0v) is 15.4. The minimum atomic E-state index is -0.775. The van der Waals surface area contributed by atoms with Crippen LogP contribution in [0.2, 0.25) is 5.02 Å². The van der Waals surface area contributed by atoms with Gasteiger partial charge in [0, 0.05) is 21.9 Å². The van der Waals surface area contributed by atoms with Crippen molar-refractivity contribution in [2.75, 3.05) is 13.2 Å². The highest BCUT2D eigenvalue weighted by Crippen LogP contribution is 2.41. The highest BCUT2D eigenvalue weighted by molar-refractivity contribution is 7.12. The van der Waals surface area contributed by atoms with Crippen LogP contribution in [0.1, 0.15) is 27.3 Å². The molecule has 128 valence electrons. The van der Waals surface area contributed by atoms with Crippen LogP contribution in [0.25, 0.3) is 0 Å². The molecule has 0 bridgehead atoms. The lowest BCUT2D eigenvalue weighted by Crippen LogP contribution is -2.38. The number of hydrogen-bond acceptors (Lipinski definition) is 3. The second kappa shape index (κ2) is 7.30. The quantitative estimate of drug-likeness (QED) is 0.592. The van der Waals surface area contributed by atoms with Crippen molar-refractivity contribution in [1.29, 1.82) is 0 Å². The van der Waals surface area contributed by atoms with Crippen molar-refractivity contribution in [1.82, 2.24) is 0 Å². The third kappa shape index (κ3) is 3.51. The molecule has 4 heteroatoms. The van der Waals surface area contributed by atoms with Crippen LogP contribution in [-0.4, -0.2) is 13.2 Å². The first-order valence-electron chi connectivity index (χ1n) is 8.43. The molecule has 2 nitrogen and oxygen atoms in total. The normalized spacial score (nSPS) is 16.7. The Labute approximate surface area is 157 Å². The molecule has 0 spiro atoms. The monoisotopic (exact) mass is 370 g/mol. The molecule has 0 aliphatic carbocycles. The molecule has 0 atom stereocenters. The molecule has 0 saturated carbocycles. The molecule has 4 rings (SSSR count). The molecule has 1 fully saturated rings. The molecule has 1 aliphatic heterocycles. The molecule has 3 aromatic rings. The van der Waals surface area contributed by atoms with E-state index < -0.39 is 5.79 Å². The van der Waals surface area contributed by atoms with Gasteiger partial charge in [-0.1, -0.05) is 54.1 Å². The maximum Gasteiger partial charge on any atom is 0.231 e. The Hall–Kier alpha value is -1.65. The second-order valence-corrected chi connectivity index (χ2v) is 7.71. The first kappa shape index (κ1) is 16.8. The minimum Gasteiger partial charge on any atom is -0.341 e. The molecule has 0 unspecified atom stereocenters. The fourth-order valence-corrected chi connectivity index (χ4v) is 4.38. The van der Waals surface area contributed by atoms with E-state index in [9.17, 15) is 0 Å². The van der Waals surface area contributed by atoms with Gasteiger partial charge in [0.2, 0.25) is 5.79 Å². The SMILES string of the molecule is Clc1ccc(Cc2ccc(C3(c4ccccc4)OCCCO3)s2)cc1. The van der Waals surface area contributed by atoms with Crippen molar-refractivity contribution < 1.29 is 9.47 Å². The van der Waals surface area contributed by atoms with Crippen LogP contribution in [0.3, 0.4) is 0 Å². The average Bonchev–Trinajstić information content (AvgIpc) is 3.14. The van der Waals surface area contributed by atoms with Crippen LogP contribution in [0.5, 0.6) is 0 Å². The summed E-state index contributed by atoms with van der Waals surface area (Å²) in [4.78, 5) is 2.38.